The summed E-state index contributed by atoms with van der Waals surface area (Å²) in [6.45, 7) is 2.04. The van der Waals surface area contributed by atoms with E-state index in [1.54, 1.807) is 0 Å². The molecule has 1 aromatic heterocycles. The minimum Gasteiger partial charge on any atom is -0.267 e. The molecule has 14 heavy (non-hydrogen) atoms. The van der Waals surface area contributed by atoms with Crippen molar-refractivity contribution in [3.63, 3.8) is 0 Å². The molecule has 1 aromatic carbocycles. The second-order valence-corrected chi connectivity index (χ2v) is 3.44. The molecule has 0 aliphatic rings. The smallest absolute Gasteiger partial charge is 0.267 e. The Balaban J connectivity index is 2.87. The van der Waals surface area contributed by atoms with Crippen LogP contribution in [0.3, 0.4) is 0 Å². The fourth-order valence-electron chi connectivity index (χ4n) is 1.40. The molecule has 0 saturated carbocycles. The summed E-state index contributed by atoms with van der Waals surface area (Å²) in [5, 5.41) is 7.68. The Morgan fingerprint density at radius 1 is 1.43 bits per heavy atom. The lowest BCUT2D eigenvalue weighted by atomic mass is 10.1. The predicted octanol–water partition coefficient (Wildman–Crippen LogP) is 2.14. The molecule has 3 nitrogen and oxygen atoms in total. The Labute approximate surface area is 85.7 Å². The van der Waals surface area contributed by atoms with Crippen LogP contribution in [-0.4, -0.2) is 10.2 Å². The summed E-state index contributed by atoms with van der Waals surface area (Å²) in [6, 6.07) is 5.63. The zero-order chi connectivity index (χ0) is 10.1. The molecule has 2 rings (SSSR count). The first-order chi connectivity index (χ1) is 6.72. The first-order valence-electron chi connectivity index (χ1n) is 4.39. The molecule has 0 aliphatic carbocycles. The quantitative estimate of drug-likeness (QED) is 0.781. The lowest BCUT2D eigenvalue weighted by Crippen LogP contribution is -2.08. The van der Waals surface area contributed by atoms with Gasteiger partial charge in [-0.2, -0.15) is 5.10 Å². The molecule has 0 amide bonds. The summed E-state index contributed by atoms with van der Waals surface area (Å²) in [6.07, 6.45) is 0.898. The monoisotopic (exact) mass is 208 g/mol. The van der Waals surface area contributed by atoms with E-state index in [-0.39, 0.29) is 5.56 Å². The molecule has 0 saturated heterocycles. The van der Waals surface area contributed by atoms with Gasteiger partial charge in [0.05, 0.1) is 5.39 Å². The van der Waals surface area contributed by atoms with E-state index >= 15 is 0 Å². The van der Waals surface area contributed by atoms with Crippen molar-refractivity contribution in [2.45, 2.75) is 13.3 Å². The van der Waals surface area contributed by atoms with Gasteiger partial charge in [0.25, 0.3) is 5.56 Å². The van der Waals surface area contributed by atoms with Gasteiger partial charge >= 0.3 is 0 Å². The maximum Gasteiger partial charge on any atom is 0.272 e. The number of rotatable bonds is 1. The topological polar surface area (TPSA) is 45.8 Å². The van der Waals surface area contributed by atoms with Crippen LogP contribution in [0.25, 0.3) is 10.8 Å². The zero-order valence-corrected chi connectivity index (χ0v) is 8.43. The highest BCUT2D eigenvalue weighted by atomic mass is 35.5. The van der Waals surface area contributed by atoms with Gasteiger partial charge in [0.15, 0.2) is 5.15 Å². The number of aromatic amines is 1. The number of hydrogen-bond acceptors (Lipinski definition) is 2. The van der Waals surface area contributed by atoms with Crippen molar-refractivity contribution >= 4 is 22.4 Å². The van der Waals surface area contributed by atoms with Crippen LogP contribution in [-0.2, 0) is 6.42 Å². The number of benzene rings is 1. The maximum absolute atomic E-state index is 11.4. The third kappa shape index (κ3) is 1.40. The van der Waals surface area contributed by atoms with Gasteiger partial charge in [-0.3, -0.25) is 4.79 Å². The van der Waals surface area contributed by atoms with Crippen LogP contribution >= 0.6 is 11.6 Å². The van der Waals surface area contributed by atoms with Crippen molar-refractivity contribution in [2.75, 3.05) is 0 Å². The van der Waals surface area contributed by atoms with Gasteiger partial charge in [0.2, 0.25) is 0 Å². The first-order valence-corrected chi connectivity index (χ1v) is 4.77. The van der Waals surface area contributed by atoms with Crippen LogP contribution in [0, 0.1) is 0 Å². The number of aryl methyl sites for hydroxylation is 1. The third-order valence-electron chi connectivity index (χ3n) is 2.21. The summed E-state index contributed by atoms with van der Waals surface area (Å²) < 4.78 is 0. The van der Waals surface area contributed by atoms with Crippen LogP contribution in [0.5, 0.6) is 0 Å². The minimum absolute atomic E-state index is 0.195. The highest BCUT2D eigenvalue weighted by Gasteiger charge is 2.04. The van der Waals surface area contributed by atoms with Crippen LogP contribution in [0.1, 0.15) is 12.5 Å². The molecule has 4 heteroatoms. The Bertz CT molecular complexity index is 533. The number of halogens is 1. The molecule has 0 fully saturated rings. The molecular weight excluding hydrogens is 200 g/mol. The lowest BCUT2D eigenvalue weighted by Gasteiger charge is -2.00. The number of aromatic nitrogens is 2. The van der Waals surface area contributed by atoms with Crippen molar-refractivity contribution in [3.8, 4) is 0 Å². The highest BCUT2D eigenvalue weighted by molar-refractivity contribution is 6.34. The number of hydrogen-bond donors (Lipinski definition) is 1. The number of nitrogens with zero attached hydrogens (tertiary/aromatic N) is 1. The molecule has 72 valence electrons. The lowest BCUT2D eigenvalue weighted by molar-refractivity contribution is 1.01. The summed E-state index contributed by atoms with van der Waals surface area (Å²) in [5.74, 6) is 0. The van der Waals surface area contributed by atoms with Gasteiger partial charge < -0.3 is 0 Å². The Hall–Kier alpha value is -1.35. The van der Waals surface area contributed by atoms with Gasteiger partial charge in [-0.1, -0.05) is 30.7 Å². The van der Waals surface area contributed by atoms with Crippen LogP contribution in [0.2, 0.25) is 5.15 Å². The average Bonchev–Trinajstić information content (AvgIpc) is 2.23. The summed E-state index contributed by atoms with van der Waals surface area (Å²) >= 11 is 5.84. The minimum atomic E-state index is -0.195. The van der Waals surface area contributed by atoms with Crippen molar-refractivity contribution < 1.29 is 0 Å². The fourth-order valence-corrected chi connectivity index (χ4v) is 1.61. The van der Waals surface area contributed by atoms with Crippen molar-refractivity contribution in [2.24, 2.45) is 0 Å². The Morgan fingerprint density at radius 3 is 2.93 bits per heavy atom. The Kier molecular flexibility index (Phi) is 2.25. The maximum atomic E-state index is 11.4. The molecule has 0 atom stereocenters. The van der Waals surface area contributed by atoms with Gasteiger partial charge in [-0.05, 0) is 18.1 Å². The van der Waals surface area contributed by atoms with Crippen molar-refractivity contribution in [3.05, 3.63) is 39.3 Å². The summed E-state index contributed by atoms with van der Waals surface area (Å²) in [5.41, 5.74) is 0.921. The van der Waals surface area contributed by atoms with E-state index in [0.717, 1.165) is 12.0 Å². The van der Waals surface area contributed by atoms with Crippen molar-refractivity contribution in [1.29, 1.82) is 0 Å². The second-order valence-electron chi connectivity index (χ2n) is 3.08. The molecule has 1 N–H and O–H groups in total. The van der Waals surface area contributed by atoms with Crippen LogP contribution in [0.15, 0.2) is 23.0 Å². The third-order valence-corrected chi connectivity index (χ3v) is 2.50. The molecule has 0 unspecified atom stereocenters. The molecular formula is C10H9ClN2O. The molecule has 0 aliphatic heterocycles. The fraction of sp³-hybridized carbons (Fsp3) is 0.200. The first kappa shape index (κ1) is 9.21. The van der Waals surface area contributed by atoms with Gasteiger partial charge in [0.1, 0.15) is 0 Å². The van der Waals surface area contributed by atoms with Gasteiger partial charge in [-0.15, -0.1) is 0 Å². The van der Waals surface area contributed by atoms with E-state index in [0.29, 0.717) is 15.9 Å². The van der Waals surface area contributed by atoms with E-state index in [1.165, 1.54) is 0 Å². The number of nitrogens with one attached hydrogen (secondary N) is 1. The van der Waals surface area contributed by atoms with E-state index in [4.69, 9.17) is 11.6 Å². The molecule has 1 heterocycles. The van der Waals surface area contributed by atoms with Crippen LogP contribution < -0.4 is 5.56 Å². The summed E-state index contributed by atoms with van der Waals surface area (Å²) in [7, 11) is 0. The summed E-state index contributed by atoms with van der Waals surface area (Å²) in [4.78, 5) is 11.4. The van der Waals surface area contributed by atoms with E-state index in [1.807, 2.05) is 25.1 Å². The van der Waals surface area contributed by atoms with E-state index < -0.39 is 0 Å². The highest BCUT2D eigenvalue weighted by Crippen LogP contribution is 2.18. The second kappa shape index (κ2) is 3.42. The van der Waals surface area contributed by atoms with E-state index in [9.17, 15) is 4.79 Å². The standard InChI is InChI=1S/C10H9ClN2O/c1-2-6-3-4-7-8(5-6)10(14)13-12-9(7)11/h3-5H,2H2,1H3,(H,13,14). The number of H-pyrrole nitrogens is 1. The average molecular weight is 209 g/mol. The largest absolute Gasteiger partial charge is 0.272 e. The predicted molar refractivity (Wildman–Crippen MR) is 56.8 cm³/mol. The van der Waals surface area contributed by atoms with Gasteiger partial charge in [0, 0.05) is 5.39 Å². The SMILES string of the molecule is CCc1ccc2c(Cl)n[nH]c(=O)c2c1. The van der Waals surface area contributed by atoms with Crippen molar-refractivity contribution in [1.82, 2.24) is 10.2 Å². The van der Waals surface area contributed by atoms with Crippen LogP contribution in [0.4, 0.5) is 0 Å². The normalized spacial score (nSPS) is 10.7. The Morgan fingerprint density at radius 2 is 2.21 bits per heavy atom. The van der Waals surface area contributed by atoms with E-state index in [2.05, 4.69) is 10.2 Å². The molecule has 0 bridgehead atoms. The molecule has 0 radical (unpaired) electrons. The molecule has 2 aromatic rings. The van der Waals surface area contributed by atoms with Gasteiger partial charge in [-0.25, -0.2) is 5.10 Å². The molecule has 0 spiro atoms. The number of fused-ring (bicyclic) bond motifs is 1. The zero-order valence-electron chi connectivity index (χ0n) is 7.67.